The Bertz CT molecular complexity index is 1940. The summed E-state index contributed by atoms with van der Waals surface area (Å²) in [6.45, 7) is 1.86. The maximum absolute atomic E-state index is 14.2. The number of aliphatic hydroxyl groups excluding tert-OH is 3. The minimum absolute atomic E-state index is 0.165. The van der Waals surface area contributed by atoms with Gasteiger partial charge in [0.25, 0.3) is 5.91 Å². The molecule has 0 aromatic heterocycles. The Morgan fingerprint density at radius 1 is 1.10 bits per heavy atom. The van der Waals surface area contributed by atoms with Gasteiger partial charge in [0, 0.05) is 30.0 Å². The second kappa shape index (κ2) is 12.4. The third kappa shape index (κ3) is 5.16. The molecule has 0 unspecified atom stereocenters. The number of nitrogens with zero attached hydrogens (tertiary/aromatic N) is 1. The van der Waals surface area contributed by atoms with Gasteiger partial charge in [-0.15, -0.1) is 0 Å². The zero-order valence-corrected chi connectivity index (χ0v) is 27.2. The highest BCUT2D eigenvalue weighted by molar-refractivity contribution is 6.61. The topological polar surface area (TPSA) is 276 Å². The van der Waals surface area contributed by atoms with E-state index in [0.29, 0.717) is 11.2 Å². The average molecular weight is 689 g/mol. The van der Waals surface area contributed by atoms with Crippen LogP contribution in [0.5, 0.6) is 5.75 Å². The number of aliphatic hydroxyl groups is 4. The number of anilines is 2. The van der Waals surface area contributed by atoms with Crippen molar-refractivity contribution in [2.24, 2.45) is 17.6 Å². The number of phenolic OH excluding ortho intramolecular Hbond substituents is 1. The summed E-state index contributed by atoms with van der Waals surface area (Å²) in [7, 11) is 1.86. The summed E-state index contributed by atoms with van der Waals surface area (Å²) in [6.07, 6.45) is -2.21. The van der Waals surface area contributed by atoms with Gasteiger partial charge in [-0.1, -0.05) is 19.1 Å². The van der Waals surface area contributed by atoms with E-state index in [2.05, 4.69) is 10.6 Å². The predicted molar refractivity (Wildman–Crippen MR) is 178 cm³/mol. The molecule has 3 amide bonds. The first-order valence-corrected chi connectivity index (χ1v) is 15.8. The molecule has 3 aliphatic carbocycles. The van der Waals surface area contributed by atoms with Crippen LogP contribution in [-0.4, -0.2) is 104 Å². The van der Waals surface area contributed by atoms with Crippen molar-refractivity contribution in [1.82, 2.24) is 4.90 Å². The van der Waals surface area contributed by atoms with E-state index in [1.165, 1.54) is 31.1 Å². The fourth-order valence-corrected chi connectivity index (χ4v) is 7.73. The van der Waals surface area contributed by atoms with E-state index in [1.54, 1.807) is 25.1 Å². The van der Waals surface area contributed by atoms with Gasteiger partial charge < -0.3 is 57.0 Å². The number of nitrogens with two attached hydrogens (primary N) is 1. The van der Waals surface area contributed by atoms with Crippen LogP contribution >= 0.6 is 0 Å². The van der Waals surface area contributed by atoms with Crippen molar-refractivity contribution in [3.05, 3.63) is 63.9 Å². The van der Waals surface area contributed by atoms with Gasteiger partial charge in [0.15, 0.2) is 5.60 Å². The van der Waals surface area contributed by atoms with Crippen molar-refractivity contribution < 1.29 is 54.4 Å². The first-order valence-electron chi connectivity index (χ1n) is 15.8. The summed E-state index contributed by atoms with van der Waals surface area (Å²) in [5, 5.41) is 81.1. The number of hydrogen-bond donors (Lipinski definition) is 10. The Morgan fingerprint density at radius 2 is 1.76 bits per heavy atom. The Morgan fingerprint density at radius 3 is 2.40 bits per heavy atom. The fourth-order valence-electron chi connectivity index (χ4n) is 7.73. The lowest BCUT2D eigenvalue weighted by atomic mass is 9.53. The van der Waals surface area contributed by atoms with E-state index in [4.69, 9.17) is 15.8 Å². The summed E-state index contributed by atoms with van der Waals surface area (Å²) in [6, 6.07) is 6.44. The van der Waals surface area contributed by atoms with Gasteiger partial charge in [-0.05, 0) is 54.8 Å². The van der Waals surface area contributed by atoms with Crippen LogP contribution in [0.1, 0.15) is 42.4 Å². The number of ketones is 1. The Labute approximate surface area is 285 Å². The number of aromatic hydroxyl groups is 1. The van der Waals surface area contributed by atoms with E-state index in [-0.39, 0.29) is 36.3 Å². The highest BCUT2D eigenvalue weighted by Gasteiger charge is 2.67. The summed E-state index contributed by atoms with van der Waals surface area (Å²) >= 11 is 0. The smallest absolute Gasteiger partial charge is 0.491 e. The first kappa shape index (κ1) is 34.8. The molecule has 0 spiro atoms. The van der Waals surface area contributed by atoms with Crippen LogP contribution in [0, 0.1) is 17.2 Å². The van der Waals surface area contributed by atoms with Gasteiger partial charge in [0.05, 0.1) is 41.6 Å². The van der Waals surface area contributed by atoms with Gasteiger partial charge in [-0.3, -0.25) is 24.1 Å². The van der Waals surface area contributed by atoms with Crippen molar-refractivity contribution in [3.8, 4) is 5.75 Å². The van der Waals surface area contributed by atoms with Crippen molar-refractivity contribution in [2.45, 2.75) is 50.0 Å². The first-order chi connectivity index (χ1) is 23.5. The number of carbonyl (C=O) groups excluding carboxylic acids is 4. The molecule has 4 aliphatic rings. The zero-order valence-electron chi connectivity index (χ0n) is 27.2. The van der Waals surface area contributed by atoms with Crippen LogP contribution in [-0.2, 0) is 30.4 Å². The fraction of sp³-hybridized carbons (Fsp3) is 0.364. The molecule has 0 bridgehead atoms. The van der Waals surface area contributed by atoms with Gasteiger partial charge in [0.1, 0.15) is 22.8 Å². The second-order valence-corrected chi connectivity index (χ2v) is 13.2. The lowest BCUT2D eigenvalue weighted by Gasteiger charge is -2.54. The van der Waals surface area contributed by atoms with E-state index >= 15 is 0 Å². The minimum Gasteiger partial charge on any atom is -0.510 e. The Hall–Kier alpha value is -5.07. The van der Waals surface area contributed by atoms with Crippen LogP contribution in [0.4, 0.5) is 11.4 Å². The predicted octanol–water partition coefficient (Wildman–Crippen LogP) is -0.478. The van der Waals surface area contributed by atoms with Crippen molar-refractivity contribution in [2.75, 3.05) is 24.7 Å². The molecular formula is C33H36BN5O11. The largest absolute Gasteiger partial charge is 0.510 e. The zero-order chi connectivity index (χ0) is 36.6. The number of Topliss-reactive ketones (excluding diaryl/α,β-unsaturated/α-hetero) is 1. The third-order valence-electron chi connectivity index (χ3n) is 10.1. The quantitative estimate of drug-likeness (QED) is 0.130. The van der Waals surface area contributed by atoms with Crippen LogP contribution in [0.25, 0.3) is 5.76 Å². The number of rotatable bonds is 7. The average Bonchev–Trinajstić information content (AvgIpc) is 3.42. The molecule has 1 saturated carbocycles. The number of hydrogen-bond acceptors (Lipinski definition) is 13. The molecule has 2 aromatic carbocycles. The monoisotopic (exact) mass is 689 g/mol. The van der Waals surface area contributed by atoms with E-state index < -0.39 is 100 Å². The van der Waals surface area contributed by atoms with Crippen LogP contribution in [0.3, 0.4) is 0 Å². The molecule has 262 valence electrons. The summed E-state index contributed by atoms with van der Waals surface area (Å²) in [4.78, 5) is 53.3. The van der Waals surface area contributed by atoms with Crippen LogP contribution < -0.4 is 21.8 Å². The SMILES string of the molecule is C[C@H]1c2ccc(NC(=O)CCC(=O)Nc3ccc4c(c3)B(O)OC4)c(O)c2C(O)=C2C(=O)[C@]3(O)C(=N)C(C(N)=O)=C(O)[C@@H](N(C)C)[C@@H]3[C@@H](O)[C@@H]21. The molecule has 11 N–H and O–H groups in total. The molecule has 17 heteroatoms. The molecule has 6 atom stereocenters. The molecule has 1 fully saturated rings. The molecule has 2 aromatic rings. The number of fused-ring (bicyclic) bond motifs is 4. The van der Waals surface area contributed by atoms with E-state index in [1.807, 2.05) is 0 Å². The van der Waals surface area contributed by atoms with Crippen molar-refractivity contribution in [3.63, 3.8) is 0 Å². The van der Waals surface area contributed by atoms with Crippen molar-refractivity contribution >= 4 is 58.9 Å². The summed E-state index contributed by atoms with van der Waals surface area (Å²) < 4.78 is 5.14. The van der Waals surface area contributed by atoms with Gasteiger partial charge in [-0.25, -0.2) is 0 Å². The Kier molecular flexibility index (Phi) is 8.60. The Balaban J connectivity index is 1.26. The molecule has 50 heavy (non-hydrogen) atoms. The van der Waals surface area contributed by atoms with E-state index in [9.17, 15) is 49.7 Å². The normalized spacial score (nSPS) is 27.1. The van der Waals surface area contributed by atoms with Crippen LogP contribution in [0.15, 0.2) is 47.2 Å². The third-order valence-corrected chi connectivity index (χ3v) is 10.1. The highest BCUT2D eigenvalue weighted by Crippen LogP contribution is 2.56. The molecule has 1 aliphatic heterocycles. The lowest BCUT2D eigenvalue weighted by Crippen LogP contribution is -2.71. The molecule has 16 nitrogen and oxygen atoms in total. The summed E-state index contributed by atoms with van der Waals surface area (Å²) in [5.74, 6) is -9.34. The van der Waals surface area contributed by atoms with Crippen molar-refractivity contribution in [1.29, 1.82) is 5.41 Å². The number of phenols is 1. The maximum Gasteiger partial charge on any atom is 0.491 e. The summed E-state index contributed by atoms with van der Waals surface area (Å²) in [5.41, 5.74) is 1.76. The number of benzene rings is 2. The lowest BCUT2D eigenvalue weighted by molar-refractivity contribution is -0.151. The highest BCUT2D eigenvalue weighted by atomic mass is 16.5. The van der Waals surface area contributed by atoms with Gasteiger partial charge >= 0.3 is 7.12 Å². The number of nitrogens with one attached hydrogen (secondary N) is 3. The maximum atomic E-state index is 14.2. The van der Waals surface area contributed by atoms with Gasteiger partial charge in [-0.2, -0.15) is 0 Å². The standard InChI is InChI=1S/C33H36BN5O11/c1-12-15-6-7-17(38-19(41)9-8-18(40)37-14-5-4-13-11-50-34(49)16(13)10-14)26(42)21(15)27(43)22-20(12)28(44)24-25(39(2)3)29(45)23(32(36)47)30(35)33(24,48)31(22)46/h4-7,10,12,20,24-25,28,35,42-45,48-49H,8-9,11H2,1-3H3,(H2,36,47)(H,37,40)(H,38,41)/t12-,20+,24+,25-,28-,33+/m0/s1. The number of amides is 3. The van der Waals surface area contributed by atoms with Crippen LogP contribution in [0.2, 0.25) is 0 Å². The number of likely N-dealkylation sites (N-methyl/N-ethyl adjacent to an activating group) is 1. The molecule has 6 rings (SSSR count). The molecule has 0 radical (unpaired) electrons. The molecular weight excluding hydrogens is 653 g/mol. The minimum atomic E-state index is -2.91. The van der Waals surface area contributed by atoms with E-state index in [0.717, 1.165) is 5.56 Å². The molecule has 0 saturated heterocycles. The second-order valence-electron chi connectivity index (χ2n) is 13.2. The van der Waals surface area contributed by atoms with Gasteiger partial charge in [0.2, 0.25) is 17.6 Å². The molecule has 1 heterocycles. The number of carbonyl (C=O) groups is 4. The number of primary amides is 1.